The average molecular weight is 266 g/mol. The van der Waals surface area contributed by atoms with Gasteiger partial charge >= 0.3 is 6.18 Å². The van der Waals surface area contributed by atoms with Gasteiger partial charge in [0.15, 0.2) is 0 Å². The van der Waals surface area contributed by atoms with Crippen LogP contribution < -0.4 is 5.73 Å². The monoisotopic (exact) mass is 266 g/mol. The first-order valence-corrected chi connectivity index (χ1v) is 5.78. The van der Waals surface area contributed by atoms with Crippen LogP contribution in [0.15, 0.2) is 48.8 Å². The van der Waals surface area contributed by atoms with Crippen LogP contribution in [0, 0.1) is 0 Å². The van der Waals surface area contributed by atoms with Crippen molar-refractivity contribution in [3.8, 4) is 0 Å². The molecule has 2 N–H and O–H groups in total. The Hall–Kier alpha value is -1.88. The van der Waals surface area contributed by atoms with Gasteiger partial charge in [0, 0.05) is 18.4 Å². The molecule has 1 heterocycles. The van der Waals surface area contributed by atoms with Crippen LogP contribution in [0.3, 0.4) is 0 Å². The number of alkyl halides is 3. The number of hydrogen-bond acceptors (Lipinski definition) is 2. The van der Waals surface area contributed by atoms with Gasteiger partial charge in [0.05, 0.1) is 5.56 Å². The molecule has 1 aromatic carbocycles. The molecule has 0 saturated heterocycles. The van der Waals surface area contributed by atoms with E-state index in [4.69, 9.17) is 5.73 Å². The second kappa shape index (κ2) is 5.40. The van der Waals surface area contributed by atoms with E-state index in [1.807, 2.05) is 0 Å². The van der Waals surface area contributed by atoms with Gasteiger partial charge in [-0.2, -0.15) is 13.2 Å². The van der Waals surface area contributed by atoms with Gasteiger partial charge in [0.1, 0.15) is 0 Å². The quantitative estimate of drug-likeness (QED) is 0.925. The Morgan fingerprint density at radius 3 is 2.11 bits per heavy atom. The first kappa shape index (κ1) is 13.5. The maximum atomic E-state index is 12.4. The number of nitrogens with two attached hydrogens (primary N) is 1. The minimum Gasteiger partial charge on any atom is -0.324 e. The lowest BCUT2D eigenvalue weighted by atomic mass is 10.00. The lowest BCUT2D eigenvalue weighted by Gasteiger charge is -2.12. The molecule has 1 unspecified atom stereocenters. The first-order valence-electron chi connectivity index (χ1n) is 5.78. The molecule has 0 aliphatic rings. The van der Waals surface area contributed by atoms with Crippen molar-refractivity contribution in [1.29, 1.82) is 0 Å². The molecule has 0 saturated carbocycles. The third kappa shape index (κ3) is 3.54. The second-order valence-corrected chi connectivity index (χ2v) is 4.29. The van der Waals surface area contributed by atoms with Gasteiger partial charge in [-0.15, -0.1) is 0 Å². The van der Waals surface area contributed by atoms with E-state index in [9.17, 15) is 13.2 Å². The number of nitrogens with zero attached hydrogens (tertiary/aromatic N) is 1. The van der Waals surface area contributed by atoms with Crippen molar-refractivity contribution >= 4 is 0 Å². The molecule has 5 heteroatoms. The summed E-state index contributed by atoms with van der Waals surface area (Å²) < 4.78 is 37.2. The third-order valence-corrected chi connectivity index (χ3v) is 2.87. The summed E-state index contributed by atoms with van der Waals surface area (Å²) in [6, 6.07) is 8.43. The van der Waals surface area contributed by atoms with Gasteiger partial charge in [0.25, 0.3) is 0 Å². The molecule has 0 aliphatic heterocycles. The molecule has 0 spiro atoms. The fraction of sp³-hybridized carbons (Fsp3) is 0.214. The second-order valence-electron chi connectivity index (χ2n) is 4.29. The Morgan fingerprint density at radius 1 is 1.00 bits per heavy atom. The number of aromatic nitrogens is 1. The molecule has 0 aliphatic carbocycles. The van der Waals surface area contributed by atoms with Crippen molar-refractivity contribution in [3.05, 3.63) is 65.5 Å². The Labute approximate surface area is 109 Å². The highest BCUT2D eigenvalue weighted by Crippen LogP contribution is 2.29. The van der Waals surface area contributed by atoms with E-state index in [-0.39, 0.29) is 6.04 Å². The molecular weight excluding hydrogens is 253 g/mol. The summed E-state index contributed by atoms with van der Waals surface area (Å²) in [4.78, 5) is 3.89. The first-order chi connectivity index (χ1) is 8.97. The van der Waals surface area contributed by atoms with Crippen LogP contribution in [0.1, 0.15) is 22.7 Å². The van der Waals surface area contributed by atoms with Crippen molar-refractivity contribution in [1.82, 2.24) is 4.98 Å². The normalized spacial score (nSPS) is 13.3. The van der Waals surface area contributed by atoms with Gasteiger partial charge in [0.2, 0.25) is 0 Å². The van der Waals surface area contributed by atoms with Crippen molar-refractivity contribution in [2.24, 2.45) is 5.73 Å². The largest absolute Gasteiger partial charge is 0.416 e. The van der Waals surface area contributed by atoms with Gasteiger partial charge in [-0.05, 0) is 41.8 Å². The Morgan fingerprint density at radius 2 is 1.58 bits per heavy atom. The van der Waals surface area contributed by atoms with Gasteiger partial charge < -0.3 is 5.73 Å². The lowest BCUT2D eigenvalue weighted by molar-refractivity contribution is -0.137. The van der Waals surface area contributed by atoms with E-state index < -0.39 is 11.7 Å². The summed E-state index contributed by atoms with van der Waals surface area (Å²) in [5.74, 6) is 0. The maximum absolute atomic E-state index is 12.4. The number of halogens is 3. The molecule has 0 fully saturated rings. The Bertz CT molecular complexity index is 521. The Kier molecular flexibility index (Phi) is 3.85. The van der Waals surface area contributed by atoms with Crippen molar-refractivity contribution in [3.63, 3.8) is 0 Å². The van der Waals surface area contributed by atoms with Crippen LogP contribution in [-0.4, -0.2) is 4.98 Å². The van der Waals surface area contributed by atoms with Gasteiger partial charge in [-0.25, -0.2) is 0 Å². The fourth-order valence-corrected chi connectivity index (χ4v) is 1.81. The van der Waals surface area contributed by atoms with Crippen LogP contribution in [0.2, 0.25) is 0 Å². The molecule has 2 aromatic rings. The molecule has 2 nitrogen and oxygen atoms in total. The van der Waals surface area contributed by atoms with Crippen LogP contribution >= 0.6 is 0 Å². The molecule has 19 heavy (non-hydrogen) atoms. The third-order valence-electron chi connectivity index (χ3n) is 2.87. The smallest absolute Gasteiger partial charge is 0.324 e. The number of pyridine rings is 1. The number of rotatable bonds is 3. The molecular formula is C14H13F3N2. The van der Waals surface area contributed by atoms with Crippen molar-refractivity contribution in [2.45, 2.75) is 18.6 Å². The lowest BCUT2D eigenvalue weighted by Crippen LogP contribution is -2.13. The zero-order valence-electron chi connectivity index (χ0n) is 10.1. The average Bonchev–Trinajstić information content (AvgIpc) is 2.39. The maximum Gasteiger partial charge on any atom is 0.416 e. The van der Waals surface area contributed by atoms with Gasteiger partial charge in [-0.1, -0.05) is 12.1 Å². The predicted octanol–water partition coefficient (Wildman–Crippen LogP) is 3.34. The number of benzene rings is 1. The molecule has 2 rings (SSSR count). The van der Waals surface area contributed by atoms with E-state index in [0.717, 1.165) is 23.3 Å². The van der Waals surface area contributed by atoms with Crippen LogP contribution in [0.4, 0.5) is 13.2 Å². The summed E-state index contributed by atoms with van der Waals surface area (Å²) >= 11 is 0. The molecule has 0 amide bonds. The highest BCUT2D eigenvalue weighted by Gasteiger charge is 2.29. The van der Waals surface area contributed by atoms with Crippen molar-refractivity contribution in [2.75, 3.05) is 0 Å². The molecule has 1 aromatic heterocycles. The van der Waals surface area contributed by atoms with Crippen molar-refractivity contribution < 1.29 is 13.2 Å². The zero-order valence-corrected chi connectivity index (χ0v) is 10.1. The standard InChI is InChI=1S/C14H13F3N2/c15-14(16,17)12-3-1-10(2-4-12)9-13(18)11-5-7-19-8-6-11/h1-8,13H,9,18H2. The highest BCUT2D eigenvalue weighted by molar-refractivity contribution is 5.27. The molecule has 1 atom stereocenters. The SMILES string of the molecule is NC(Cc1ccc(C(F)(F)F)cc1)c1ccncc1. The minimum absolute atomic E-state index is 0.250. The van der Waals surface area contributed by atoms with E-state index in [1.165, 1.54) is 12.1 Å². The molecule has 100 valence electrons. The molecule has 0 bridgehead atoms. The summed E-state index contributed by atoms with van der Waals surface area (Å²) in [5.41, 5.74) is 7.04. The zero-order chi connectivity index (χ0) is 13.9. The summed E-state index contributed by atoms with van der Waals surface area (Å²) in [7, 11) is 0. The Balaban J connectivity index is 2.08. The van der Waals surface area contributed by atoms with E-state index in [2.05, 4.69) is 4.98 Å². The summed E-state index contributed by atoms with van der Waals surface area (Å²) in [6.45, 7) is 0. The van der Waals surface area contributed by atoms with Crippen LogP contribution in [0.25, 0.3) is 0 Å². The van der Waals surface area contributed by atoms with E-state index >= 15 is 0 Å². The fourth-order valence-electron chi connectivity index (χ4n) is 1.81. The summed E-state index contributed by atoms with van der Waals surface area (Å²) in [5, 5.41) is 0. The summed E-state index contributed by atoms with van der Waals surface area (Å²) in [6.07, 6.45) is -0.530. The minimum atomic E-state index is -4.30. The highest BCUT2D eigenvalue weighted by atomic mass is 19.4. The molecule has 0 radical (unpaired) electrons. The topological polar surface area (TPSA) is 38.9 Å². The van der Waals surface area contributed by atoms with Gasteiger partial charge in [-0.3, -0.25) is 4.98 Å². The van der Waals surface area contributed by atoms with Crippen LogP contribution in [0.5, 0.6) is 0 Å². The van der Waals surface area contributed by atoms with Crippen LogP contribution in [-0.2, 0) is 12.6 Å². The van der Waals surface area contributed by atoms with E-state index in [1.54, 1.807) is 24.5 Å². The predicted molar refractivity (Wildman–Crippen MR) is 66.3 cm³/mol. The number of hydrogen-bond donors (Lipinski definition) is 1. The van der Waals surface area contributed by atoms with E-state index in [0.29, 0.717) is 6.42 Å².